The highest BCUT2D eigenvalue weighted by molar-refractivity contribution is 5.79. The lowest BCUT2D eigenvalue weighted by Gasteiger charge is -2.32. The number of hydrogen-bond acceptors (Lipinski definition) is 2. The maximum absolute atomic E-state index is 11.2. The average Bonchev–Trinajstić information content (AvgIpc) is 2.53. The van der Waals surface area contributed by atoms with Crippen molar-refractivity contribution >= 4 is 5.97 Å². The van der Waals surface area contributed by atoms with Crippen LogP contribution < -0.4 is 5.73 Å². The summed E-state index contributed by atoms with van der Waals surface area (Å²) >= 11 is 0. The van der Waals surface area contributed by atoms with Crippen LogP contribution in [0.4, 0.5) is 0 Å². The van der Waals surface area contributed by atoms with Crippen molar-refractivity contribution in [3.05, 3.63) is 0 Å². The van der Waals surface area contributed by atoms with Crippen molar-refractivity contribution in [3.8, 4) is 0 Å². The molecule has 1 fully saturated rings. The third kappa shape index (κ3) is 2.27. The second kappa shape index (κ2) is 4.30. The summed E-state index contributed by atoms with van der Waals surface area (Å²) in [5.74, 6) is -0.294. The van der Waals surface area contributed by atoms with Gasteiger partial charge in [-0.15, -0.1) is 0 Å². The third-order valence-electron chi connectivity index (χ3n) is 3.23. The minimum Gasteiger partial charge on any atom is -0.480 e. The van der Waals surface area contributed by atoms with E-state index < -0.39 is 11.5 Å². The van der Waals surface area contributed by atoms with Crippen molar-refractivity contribution in [1.29, 1.82) is 0 Å². The molecule has 0 heterocycles. The Bertz CT molecular complexity index is 209. The quantitative estimate of drug-likeness (QED) is 0.728. The zero-order chi connectivity index (χ0) is 10.8. The van der Waals surface area contributed by atoms with Gasteiger partial charge in [0.25, 0.3) is 0 Å². The fourth-order valence-electron chi connectivity index (χ4n) is 2.55. The summed E-state index contributed by atoms with van der Waals surface area (Å²) < 4.78 is 0. The van der Waals surface area contributed by atoms with Gasteiger partial charge in [0.2, 0.25) is 0 Å². The summed E-state index contributed by atoms with van der Waals surface area (Å²) in [4.78, 5) is 11.2. The lowest BCUT2D eigenvalue weighted by molar-refractivity contribution is -0.146. The molecule has 1 atom stereocenters. The van der Waals surface area contributed by atoms with Crippen molar-refractivity contribution in [2.75, 3.05) is 0 Å². The van der Waals surface area contributed by atoms with Crippen LogP contribution in [0.25, 0.3) is 0 Å². The largest absolute Gasteiger partial charge is 0.480 e. The predicted molar refractivity (Wildman–Crippen MR) is 56.0 cm³/mol. The number of hydrogen-bond donors (Lipinski definition) is 2. The molecular formula is C11H21NO2. The minimum atomic E-state index is -0.981. The topological polar surface area (TPSA) is 63.3 Å². The molecule has 1 saturated carbocycles. The summed E-state index contributed by atoms with van der Waals surface area (Å²) in [6.07, 6.45) is 4.82. The van der Waals surface area contributed by atoms with Crippen LogP contribution in [0, 0.1) is 11.8 Å². The Morgan fingerprint density at radius 1 is 1.50 bits per heavy atom. The molecule has 1 aliphatic rings. The second-order valence-electron chi connectivity index (χ2n) is 4.92. The van der Waals surface area contributed by atoms with Gasteiger partial charge in [0.05, 0.1) is 0 Å². The van der Waals surface area contributed by atoms with Crippen LogP contribution in [0.3, 0.4) is 0 Å². The molecule has 0 aliphatic heterocycles. The van der Waals surface area contributed by atoms with E-state index in [-0.39, 0.29) is 5.92 Å². The molecule has 1 aliphatic carbocycles. The van der Waals surface area contributed by atoms with E-state index in [0.29, 0.717) is 12.3 Å². The Kier molecular flexibility index (Phi) is 3.53. The Labute approximate surface area is 85.7 Å². The monoisotopic (exact) mass is 199 g/mol. The molecule has 3 nitrogen and oxygen atoms in total. The highest BCUT2D eigenvalue weighted by Gasteiger charge is 2.43. The van der Waals surface area contributed by atoms with E-state index in [2.05, 4.69) is 0 Å². The molecule has 0 bridgehead atoms. The third-order valence-corrected chi connectivity index (χ3v) is 3.23. The van der Waals surface area contributed by atoms with Gasteiger partial charge >= 0.3 is 5.97 Å². The van der Waals surface area contributed by atoms with Crippen LogP contribution in [-0.2, 0) is 4.79 Å². The Morgan fingerprint density at radius 3 is 2.36 bits per heavy atom. The predicted octanol–water partition coefficient (Wildman–Crippen LogP) is 2.00. The maximum atomic E-state index is 11.2. The van der Waals surface area contributed by atoms with Crippen LogP contribution in [0.5, 0.6) is 0 Å². The lowest BCUT2D eigenvalue weighted by Crippen LogP contribution is -2.54. The van der Waals surface area contributed by atoms with Crippen molar-refractivity contribution in [3.63, 3.8) is 0 Å². The highest BCUT2D eigenvalue weighted by atomic mass is 16.4. The molecule has 0 aromatic rings. The zero-order valence-electron chi connectivity index (χ0n) is 9.12. The summed E-state index contributed by atoms with van der Waals surface area (Å²) in [6.45, 7) is 4.05. The Balaban J connectivity index is 2.74. The number of rotatable bonds is 4. The van der Waals surface area contributed by atoms with Gasteiger partial charge in [-0.05, 0) is 31.1 Å². The van der Waals surface area contributed by atoms with Gasteiger partial charge in [-0.1, -0.05) is 26.7 Å². The minimum absolute atomic E-state index is 0.183. The van der Waals surface area contributed by atoms with Crippen LogP contribution in [0.15, 0.2) is 0 Å². The fourth-order valence-corrected chi connectivity index (χ4v) is 2.55. The maximum Gasteiger partial charge on any atom is 0.323 e. The van der Waals surface area contributed by atoms with E-state index in [0.717, 1.165) is 25.7 Å². The van der Waals surface area contributed by atoms with E-state index in [4.69, 9.17) is 5.73 Å². The molecule has 0 aromatic carbocycles. The molecule has 82 valence electrons. The highest BCUT2D eigenvalue weighted by Crippen LogP contribution is 2.36. The molecule has 0 aromatic heterocycles. The molecule has 14 heavy (non-hydrogen) atoms. The number of carboxylic acids is 1. The first-order chi connectivity index (χ1) is 6.47. The molecule has 0 radical (unpaired) electrons. The van der Waals surface area contributed by atoms with Gasteiger partial charge < -0.3 is 10.8 Å². The number of aliphatic carboxylic acids is 1. The van der Waals surface area contributed by atoms with Crippen molar-refractivity contribution in [2.45, 2.75) is 51.5 Å². The van der Waals surface area contributed by atoms with Crippen LogP contribution in [0.2, 0.25) is 0 Å². The molecule has 0 amide bonds. The Hall–Kier alpha value is -0.570. The summed E-state index contributed by atoms with van der Waals surface area (Å²) in [7, 11) is 0. The smallest absolute Gasteiger partial charge is 0.323 e. The first-order valence-electron chi connectivity index (χ1n) is 5.49. The van der Waals surface area contributed by atoms with Gasteiger partial charge in [0, 0.05) is 0 Å². The lowest BCUT2D eigenvalue weighted by atomic mass is 9.77. The summed E-state index contributed by atoms with van der Waals surface area (Å²) in [5.41, 5.74) is 5.07. The second-order valence-corrected chi connectivity index (χ2v) is 4.92. The van der Waals surface area contributed by atoms with E-state index in [9.17, 15) is 9.90 Å². The summed E-state index contributed by atoms with van der Waals surface area (Å²) in [6, 6.07) is 0. The first kappa shape index (κ1) is 11.5. The fraction of sp³-hybridized carbons (Fsp3) is 0.909. The van der Waals surface area contributed by atoms with Gasteiger partial charge in [-0.25, -0.2) is 0 Å². The van der Waals surface area contributed by atoms with Crippen molar-refractivity contribution in [1.82, 2.24) is 0 Å². The van der Waals surface area contributed by atoms with Crippen LogP contribution in [-0.4, -0.2) is 16.6 Å². The molecular weight excluding hydrogens is 178 g/mol. The van der Waals surface area contributed by atoms with Gasteiger partial charge in [-0.3, -0.25) is 4.79 Å². The van der Waals surface area contributed by atoms with Crippen LogP contribution >= 0.6 is 0 Å². The number of nitrogens with two attached hydrogens (primary N) is 1. The van der Waals surface area contributed by atoms with Gasteiger partial charge in [-0.2, -0.15) is 0 Å². The molecule has 1 rings (SSSR count). The first-order valence-corrected chi connectivity index (χ1v) is 5.49. The number of carboxylic acid groups (broad SMARTS) is 1. The number of carbonyl (C=O) groups is 1. The van der Waals surface area contributed by atoms with E-state index in [1.54, 1.807) is 0 Å². The molecule has 0 spiro atoms. The van der Waals surface area contributed by atoms with Gasteiger partial charge in [0.15, 0.2) is 0 Å². The molecule has 3 heteroatoms. The molecule has 0 saturated heterocycles. The van der Waals surface area contributed by atoms with Crippen LogP contribution in [0.1, 0.15) is 46.0 Å². The standard InChI is InChI=1S/C11H21NO2/c1-8(2)7-11(12,10(13)14)9-5-3-4-6-9/h8-9H,3-7,12H2,1-2H3,(H,13,14)/t11-/m1/s1. The van der Waals surface area contributed by atoms with E-state index in [1.165, 1.54) is 0 Å². The zero-order valence-corrected chi connectivity index (χ0v) is 9.12. The molecule has 3 N–H and O–H groups in total. The summed E-state index contributed by atoms with van der Waals surface area (Å²) in [5, 5.41) is 9.22. The molecule has 0 unspecified atom stereocenters. The average molecular weight is 199 g/mol. The van der Waals surface area contributed by atoms with E-state index in [1.807, 2.05) is 13.8 Å². The van der Waals surface area contributed by atoms with E-state index >= 15 is 0 Å². The van der Waals surface area contributed by atoms with Crippen molar-refractivity contribution in [2.24, 2.45) is 17.6 Å². The normalized spacial score (nSPS) is 22.6. The SMILES string of the molecule is CC(C)C[C@](N)(C(=O)O)C1CCCC1. The van der Waals surface area contributed by atoms with Gasteiger partial charge in [0.1, 0.15) is 5.54 Å². The van der Waals surface area contributed by atoms with Crippen molar-refractivity contribution < 1.29 is 9.90 Å². The Morgan fingerprint density at radius 2 is 2.00 bits per heavy atom.